The van der Waals surface area contributed by atoms with E-state index in [9.17, 15) is 18.0 Å². The van der Waals surface area contributed by atoms with Crippen molar-refractivity contribution in [1.82, 2.24) is 0 Å². The molecule has 0 spiro atoms. The molecule has 0 atom stereocenters. The Labute approximate surface area is 161 Å². The molecule has 1 aliphatic rings. The third kappa shape index (κ3) is 4.21. The maximum absolute atomic E-state index is 13.5. The quantitative estimate of drug-likeness (QED) is 0.347. The van der Waals surface area contributed by atoms with Crippen LogP contribution in [0.1, 0.15) is 48.5 Å². The predicted molar refractivity (Wildman–Crippen MR) is 99.5 cm³/mol. The van der Waals surface area contributed by atoms with E-state index in [1.54, 1.807) is 37.3 Å². The second kappa shape index (κ2) is 7.70. The zero-order valence-corrected chi connectivity index (χ0v) is 15.5. The number of ether oxygens (including phenoxy) is 2. The Morgan fingerprint density at radius 2 is 1.71 bits per heavy atom. The standard InChI is InChI=1S/C22H21F3O3/c1-15(2)21(12-6-7-13-21)28-19-14-16(10-11-18(19)22(23,24)25)20(26)27-17-8-4-3-5-9-17/h3-5,8-11,14H,1,6-7,12-13H2,2H3. The van der Waals surface area contributed by atoms with Crippen LogP contribution in [0.25, 0.3) is 0 Å². The highest BCUT2D eigenvalue weighted by atomic mass is 19.4. The van der Waals surface area contributed by atoms with Crippen LogP contribution in [0.5, 0.6) is 11.5 Å². The zero-order valence-electron chi connectivity index (χ0n) is 15.5. The minimum Gasteiger partial charge on any atom is -0.482 e. The van der Waals surface area contributed by atoms with Crippen molar-refractivity contribution in [3.63, 3.8) is 0 Å². The number of hydrogen-bond acceptors (Lipinski definition) is 3. The molecule has 0 N–H and O–H groups in total. The lowest BCUT2D eigenvalue weighted by molar-refractivity contribution is -0.139. The van der Waals surface area contributed by atoms with Crippen LogP contribution in [0, 0.1) is 0 Å². The number of benzene rings is 2. The van der Waals surface area contributed by atoms with E-state index in [-0.39, 0.29) is 11.3 Å². The molecule has 0 heterocycles. The third-order valence-electron chi connectivity index (χ3n) is 4.97. The molecule has 0 saturated heterocycles. The molecule has 2 aromatic rings. The zero-order chi connectivity index (χ0) is 20.4. The summed E-state index contributed by atoms with van der Waals surface area (Å²) in [6.45, 7) is 5.67. The van der Waals surface area contributed by atoms with E-state index < -0.39 is 23.3 Å². The van der Waals surface area contributed by atoms with Gasteiger partial charge in [-0.3, -0.25) is 0 Å². The van der Waals surface area contributed by atoms with E-state index in [0.29, 0.717) is 24.2 Å². The van der Waals surface area contributed by atoms with Crippen molar-refractivity contribution in [2.75, 3.05) is 0 Å². The molecule has 0 amide bonds. The van der Waals surface area contributed by atoms with E-state index in [1.807, 2.05) is 0 Å². The van der Waals surface area contributed by atoms with E-state index in [4.69, 9.17) is 9.47 Å². The van der Waals surface area contributed by atoms with Gasteiger partial charge < -0.3 is 9.47 Å². The van der Waals surface area contributed by atoms with Gasteiger partial charge in [-0.25, -0.2) is 4.79 Å². The molecule has 0 bridgehead atoms. The average Bonchev–Trinajstić information content (AvgIpc) is 3.11. The summed E-state index contributed by atoms with van der Waals surface area (Å²) in [5.41, 5.74) is -1.10. The lowest BCUT2D eigenvalue weighted by atomic mass is 9.93. The van der Waals surface area contributed by atoms with Crippen LogP contribution < -0.4 is 9.47 Å². The number of esters is 1. The van der Waals surface area contributed by atoms with Gasteiger partial charge in [0.25, 0.3) is 0 Å². The van der Waals surface area contributed by atoms with Crippen LogP contribution >= 0.6 is 0 Å². The summed E-state index contributed by atoms with van der Waals surface area (Å²) in [6.07, 6.45) is -1.71. The highest BCUT2D eigenvalue weighted by Gasteiger charge is 2.41. The number of carbonyl (C=O) groups is 1. The van der Waals surface area contributed by atoms with Gasteiger partial charge in [0.2, 0.25) is 0 Å². The molecule has 1 fully saturated rings. The molecule has 0 unspecified atom stereocenters. The maximum Gasteiger partial charge on any atom is 0.419 e. The van der Waals surface area contributed by atoms with Gasteiger partial charge in [-0.15, -0.1) is 0 Å². The largest absolute Gasteiger partial charge is 0.482 e. The van der Waals surface area contributed by atoms with Gasteiger partial charge in [-0.1, -0.05) is 24.8 Å². The van der Waals surface area contributed by atoms with Gasteiger partial charge in [-0.2, -0.15) is 13.2 Å². The van der Waals surface area contributed by atoms with Gasteiger partial charge in [0.1, 0.15) is 17.1 Å². The van der Waals surface area contributed by atoms with Gasteiger partial charge in [0, 0.05) is 0 Å². The van der Waals surface area contributed by atoms with Crippen molar-refractivity contribution in [2.45, 2.75) is 44.4 Å². The average molecular weight is 390 g/mol. The molecule has 3 rings (SSSR count). The first-order valence-corrected chi connectivity index (χ1v) is 9.05. The van der Waals surface area contributed by atoms with Crippen LogP contribution in [-0.4, -0.2) is 11.6 Å². The summed E-state index contributed by atoms with van der Waals surface area (Å²) in [5, 5.41) is 0. The van der Waals surface area contributed by atoms with Crippen LogP contribution in [0.3, 0.4) is 0 Å². The SMILES string of the molecule is C=C(C)C1(Oc2cc(C(=O)Oc3ccccc3)ccc2C(F)(F)F)CCCC1. The fourth-order valence-electron chi connectivity index (χ4n) is 3.39. The Bertz CT molecular complexity index is 866. The molecule has 28 heavy (non-hydrogen) atoms. The van der Waals surface area contributed by atoms with Gasteiger partial charge in [-0.05, 0) is 68.5 Å². The van der Waals surface area contributed by atoms with Crippen molar-refractivity contribution in [1.29, 1.82) is 0 Å². The second-order valence-corrected chi connectivity index (χ2v) is 7.00. The summed E-state index contributed by atoms with van der Waals surface area (Å²) >= 11 is 0. The highest BCUT2D eigenvalue weighted by Crippen LogP contribution is 2.44. The van der Waals surface area contributed by atoms with Crippen LogP contribution in [-0.2, 0) is 6.18 Å². The molecule has 6 heteroatoms. The molecule has 1 saturated carbocycles. The van der Waals surface area contributed by atoms with Gasteiger partial charge in [0.15, 0.2) is 0 Å². The highest BCUT2D eigenvalue weighted by molar-refractivity contribution is 5.91. The maximum atomic E-state index is 13.5. The molecule has 1 aliphatic carbocycles. The van der Waals surface area contributed by atoms with Crippen molar-refractivity contribution in [3.05, 3.63) is 71.8 Å². The van der Waals surface area contributed by atoms with Crippen molar-refractivity contribution >= 4 is 5.97 Å². The molecular weight excluding hydrogens is 369 g/mol. The van der Waals surface area contributed by atoms with Crippen molar-refractivity contribution < 1.29 is 27.4 Å². The number of rotatable bonds is 5. The first kappa shape index (κ1) is 20.0. The molecule has 0 aliphatic heterocycles. The molecule has 0 aromatic heterocycles. The van der Waals surface area contributed by atoms with Gasteiger partial charge >= 0.3 is 12.1 Å². The first-order chi connectivity index (χ1) is 13.2. The Hall–Kier alpha value is -2.76. The van der Waals surface area contributed by atoms with E-state index in [0.717, 1.165) is 31.0 Å². The Morgan fingerprint density at radius 3 is 2.29 bits per heavy atom. The normalized spacial score (nSPS) is 15.9. The summed E-state index contributed by atoms with van der Waals surface area (Å²) in [4.78, 5) is 12.4. The molecular formula is C22H21F3O3. The number of hydrogen-bond donors (Lipinski definition) is 0. The lowest BCUT2D eigenvalue weighted by Crippen LogP contribution is -2.34. The molecule has 3 nitrogen and oxygen atoms in total. The smallest absolute Gasteiger partial charge is 0.419 e. The van der Waals surface area contributed by atoms with Crippen molar-refractivity contribution in [2.24, 2.45) is 0 Å². The number of para-hydroxylation sites is 1. The second-order valence-electron chi connectivity index (χ2n) is 7.00. The summed E-state index contributed by atoms with van der Waals surface area (Å²) in [7, 11) is 0. The summed E-state index contributed by atoms with van der Waals surface area (Å²) < 4.78 is 51.7. The summed E-state index contributed by atoms with van der Waals surface area (Å²) in [5.74, 6) is -0.815. The molecule has 2 aromatic carbocycles. The number of carbonyl (C=O) groups excluding carboxylic acids is 1. The Balaban J connectivity index is 1.95. The lowest BCUT2D eigenvalue weighted by Gasteiger charge is -2.32. The van der Waals surface area contributed by atoms with E-state index in [1.165, 1.54) is 0 Å². The number of halogens is 3. The monoisotopic (exact) mass is 390 g/mol. The van der Waals surface area contributed by atoms with Crippen LogP contribution in [0.2, 0.25) is 0 Å². The predicted octanol–water partition coefficient (Wildman–Crippen LogP) is 6.19. The minimum atomic E-state index is -4.61. The van der Waals surface area contributed by atoms with Crippen molar-refractivity contribution in [3.8, 4) is 11.5 Å². The van der Waals surface area contributed by atoms with E-state index in [2.05, 4.69) is 6.58 Å². The molecule has 148 valence electrons. The van der Waals surface area contributed by atoms with Gasteiger partial charge in [0.05, 0.1) is 11.1 Å². The van der Waals surface area contributed by atoms with Crippen LogP contribution in [0.15, 0.2) is 60.7 Å². The first-order valence-electron chi connectivity index (χ1n) is 9.05. The van der Waals surface area contributed by atoms with E-state index >= 15 is 0 Å². The fraction of sp³-hybridized carbons (Fsp3) is 0.318. The number of alkyl halides is 3. The topological polar surface area (TPSA) is 35.5 Å². The Morgan fingerprint density at radius 1 is 1.07 bits per heavy atom. The minimum absolute atomic E-state index is 0.0123. The van der Waals surface area contributed by atoms with Crippen LogP contribution in [0.4, 0.5) is 13.2 Å². The Kier molecular flexibility index (Phi) is 5.49. The third-order valence-corrected chi connectivity index (χ3v) is 4.97. The summed E-state index contributed by atoms with van der Waals surface area (Å²) in [6, 6.07) is 11.4. The molecule has 0 radical (unpaired) electrons. The fourth-order valence-corrected chi connectivity index (χ4v) is 3.39.